The lowest BCUT2D eigenvalue weighted by Crippen LogP contribution is -2.48. The molecule has 1 atom stereocenters. The van der Waals surface area contributed by atoms with Gasteiger partial charge in [0.25, 0.3) is 5.91 Å². The molecule has 1 aliphatic rings. The van der Waals surface area contributed by atoms with E-state index < -0.39 is 12.1 Å². The third kappa shape index (κ3) is 2.21. The van der Waals surface area contributed by atoms with Crippen molar-refractivity contribution in [3.63, 3.8) is 0 Å². The van der Waals surface area contributed by atoms with E-state index in [9.17, 15) is 9.59 Å². The summed E-state index contributed by atoms with van der Waals surface area (Å²) in [5.41, 5.74) is 0.914. The number of morpholine rings is 1. The van der Waals surface area contributed by atoms with Crippen molar-refractivity contribution in [3.05, 3.63) is 17.0 Å². The fourth-order valence-electron chi connectivity index (χ4n) is 1.93. The van der Waals surface area contributed by atoms with Gasteiger partial charge in [-0.15, -0.1) is 0 Å². The summed E-state index contributed by atoms with van der Waals surface area (Å²) in [5, 5.41) is 12.6. The standard InChI is InChI=1S/C11H14N2O5/c1-6-9(7(2)18-12-6)10(14)13-3-4-17-8(5-13)11(15)16/h8H,3-5H2,1-2H3,(H,15,16). The average Bonchev–Trinajstić information content (AvgIpc) is 2.68. The van der Waals surface area contributed by atoms with Gasteiger partial charge < -0.3 is 19.3 Å². The number of nitrogens with zero attached hydrogens (tertiary/aromatic N) is 2. The van der Waals surface area contributed by atoms with Crippen LogP contribution in [0.15, 0.2) is 4.52 Å². The first-order valence-electron chi connectivity index (χ1n) is 5.57. The zero-order valence-electron chi connectivity index (χ0n) is 10.2. The number of rotatable bonds is 2. The minimum Gasteiger partial charge on any atom is -0.479 e. The molecule has 1 aromatic rings. The number of ether oxygens (including phenoxy) is 1. The monoisotopic (exact) mass is 254 g/mol. The highest BCUT2D eigenvalue weighted by molar-refractivity contribution is 5.96. The normalized spacial score (nSPS) is 19.9. The highest BCUT2D eigenvalue weighted by Gasteiger charge is 2.31. The van der Waals surface area contributed by atoms with Crippen molar-refractivity contribution < 1.29 is 24.0 Å². The summed E-state index contributed by atoms with van der Waals surface area (Å²) in [6.07, 6.45) is -0.969. The van der Waals surface area contributed by atoms with Gasteiger partial charge >= 0.3 is 5.97 Å². The molecule has 2 heterocycles. The highest BCUT2D eigenvalue weighted by Crippen LogP contribution is 2.17. The van der Waals surface area contributed by atoms with Crippen LogP contribution in [0.3, 0.4) is 0 Å². The van der Waals surface area contributed by atoms with Gasteiger partial charge in [-0.25, -0.2) is 4.79 Å². The van der Waals surface area contributed by atoms with E-state index >= 15 is 0 Å². The second-order valence-electron chi connectivity index (χ2n) is 4.15. The quantitative estimate of drug-likeness (QED) is 0.811. The maximum absolute atomic E-state index is 12.2. The maximum Gasteiger partial charge on any atom is 0.334 e. The Bertz CT molecular complexity index is 462. The van der Waals surface area contributed by atoms with Crippen LogP contribution in [0.25, 0.3) is 0 Å². The van der Waals surface area contributed by atoms with E-state index in [1.54, 1.807) is 13.8 Å². The first-order chi connectivity index (χ1) is 8.50. The number of amides is 1. The molecule has 2 rings (SSSR count). The van der Waals surface area contributed by atoms with Gasteiger partial charge in [-0.2, -0.15) is 0 Å². The number of carboxylic acid groups (broad SMARTS) is 1. The molecule has 0 bridgehead atoms. The summed E-state index contributed by atoms with van der Waals surface area (Å²) in [7, 11) is 0. The summed E-state index contributed by atoms with van der Waals surface area (Å²) in [4.78, 5) is 24.6. The van der Waals surface area contributed by atoms with E-state index in [1.165, 1.54) is 4.90 Å². The van der Waals surface area contributed by atoms with Crippen LogP contribution in [0.5, 0.6) is 0 Å². The van der Waals surface area contributed by atoms with Crippen molar-refractivity contribution in [2.24, 2.45) is 0 Å². The van der Waals surface area contributed by atoms with E-state index in [0.29, 0.717) is 23.6 Å². The highest BCUT2D eigenvalue weighted by atomic mass is 16.5. The van der Waals surface area contributed by atoms with Crippen LogP contribution < -0.4 is 0 Å². The van der Waals surface area contributed by atoms with Gasteiger partial charge in [0.2, 0.25) is 0 Å². The van der Waals surface area contributed by atoms with E-state index in [0.717, 1.165) is 0 Å². The SMILES string of the molecule is Cc1noc(C)c1C(=O)N1CCOC(C(=O)O)C1. The number of carboxylic acids is 1. The third-order valence-electron chi connectivity index (χ3n) is 2.88. The van der Waals surface area contributed by atoms with Crippen molar-refractivity contribution in [1.29, 1.82) is 0 Å². The summed E-state index contributed by atoms with van der Waals surface area (Å²) in [6.45, 7) is 3.96. The second-order valence-corrected chi connectivity index (χ2v) is 4.15. The molecule has 0 saturated carbocycles. The molecule has 0 spiro atoms. The second kappa shape index (κ2) is 4.77. The molecule has 98 valence electrons. The fourth-order valence-corrected chi connectivity index (χ4v) is 1.93. The van der Waals surface area contributed by atoms with E-state index in [-0.39, 0.29) is 19.1 Å². The zero-order chi connectivity index (χ0) is 13.3. The molecule has 1 saturated heterocycles. The van der Waals surface area contributed by atoms with Gasteiger partial charge in [-0.3, -0.25) is 4.79 Å². The lowest BCUT2D eigenvalue weighted by atomic mass is 10.1. The van der Waals surface area contributed by atoms with E-state index in [1.807, 2.05) is 0 Å². The number of aromatic nitrogens is 1. The maximum atomic E-state index is 12.2. The largest absolute Gasteiger partial charge is 0.479 e. The van der Waals surface area contributed by atoms with Crippen molar-refractivity contribution in [2.45, 2.75) is 20.0 Å². The minimum atomic E-state index is -1.06. The first kappa shape index (κ1) is 12.6. The van der Waals surface area contributed by atoms with Crippen molar-refractivity contribution >= 4 is 11.9 Å². The predicted molar refractivity (Wildman–Crippen MR) is 59.3 cm³/mol. The van der Waals surface area contributed by atoms with Crippen molar-refractivity contribution in [1.82, 2.24) is 10.1 Å². The number of hydrogen-bond donors (Lipinski definition) is 1. The molecule has 0 radical (unpaired) electrons. The Hall–Kier alpha value is -1.89. The van der Waals surface area contributed by atoms with Crippen molar-refractivity contribution in [3.8, 4) is 0 Å². The lowest BCUT2D eigenvalue weighted by Gasteiger charge is -2.30. The van der Waals surface area contributed by atoms with Crippen LogP contribution >= 0.6 is 0 Å². The Morgan fingerprint density at radius 3 is 2.72 bits per heavy atom. The molecule has 7 nitrogen and oxygen atoms in total. The Balaban J connectivity index is 2.17. The molecule has 1 N–H and O–H groups in total. The van der Waals surface area contributed by atoms with Crippen LogP contribution in [0, 0.1) is 13.8 Å². The lowest BCUT2D eigenvalue weighted by molar-refractivity contribution is -0.154. The molecular formula is C11H14N2O5. The smallest absolute Gasteiger partial charge is 0.334 e. The van der Waals surface area contributed by atoms with Crippen LogP contribution in [0.2, 0.25) is 0 Å². The third-order valence-corrected chi connectivity index (χ3v) is 2.88. The first-order valence-corrected chi connectivity index (χ1v) is 5.57. The van der Waals surface area contributed by atoms with Crippen LogP contribution in [0.4, 0.5) is 0 Å². The Kier molecular flexibility index (Phi) is 3.33. The van der Waals surface area contributed by atoms with Crippen molar-refractivity contribution in [2.75, 3.05) is 19.7 Å². The van der Waals surface area contributed by atoms with Crippen LogP contribution in [-0.4, -0.2) is 52.8 Å². The summed E-state index contributed by atoms with van der Waals surface area (Å²) < 4.78 is 10.0. The van der Waals surface area contributed by atoms with Gasteiger partial charge in [-0.1, -0.05) is 5.16 Å². The summed E-state index contributed by atoms with van der Waals surface area (Å²) >= 11 is 0. The molecule has 7 heteroatoms. The van der Waals surface area contributed by atoms with Gasteiger partial charge in [0.15, 0.2) is 6.10 Å². The molecule has 0 aromatic carbocycles. The topological polar surface area (TPSA) is 92.9 Å². The number of carbonyl (C=O) groups is 2. The molecule has 1 fully saturated rings. The molecule has 0 aliphatic carbocycles. The minimum absolute atomic E-state index is 0.0399. The Labute approximate surface area is 103 Å². The average molecular weight is 254 g/mol. The molecule has 1 unspecified atom stereocenters. The predicted octanol–water partition coefficient (Wildman–Crippen LogP) is 0.217. The summed E-state index contributed by atoms with van der Waals surface area (Å²) in [6, 6.07) is 0. The van der Waals surface area contributed by atoms with Gasteiger partial charge in [-0.05, 0) is 13.8 Å². The zero-order valence-corrected chi connectivity index (χ0v) is 10.2. The molecule has 18 heavy (non-hydrogen) atoms. The molecular weight excluding hydrogens is 240 g/mol. The number of hydrogen-bond acceptors (Lipinski definition) is 5. The van der Waals surface area contributed by atoms with Gasteiger partial charge in [0, 0.05) is 6.54 Å². The van der Waals surface area contributed by atoms with Crippen LogP contribution in [-0.2, 0) is 9.53 Å². The molecule has 1 aromatic heterocycles. The van der Waals surface area contributed by atoms with E-state index in [2.05, 4.69) is 5.16 Å². The Morgan fingerprint density at radius 2 is 2.17 bits per heavy atom. The van der Waals surface area contributed by atoms with Gasteiger partial charge in [0.05, 0.1) is 18.8 Å². The number of aliphatic carboxylic acids is 1. The Morgan fingerprint density at radius 1 is 1.44 bits per heavy atom. The molecule has 1 aliphatic heterocycles. The van der Waals surface area contributed by atoms with E-state index in [4.69, 9.17) is 14.4 Å². The molecule has 1 amide bonds. The van der Waals surface area contributed by atoms with Crippen LogP contribution in [0.1, 0.15) is 21.8 Å². The summed E-state index contributed by atoms with van der Waals surface area (Å²) in [5.74, 6) is -0.886. The number of carbonyl (C=O) groups excluding carboxylic acids is 1. The van der Waals surface area contributed by atoms with Gasteiger partial charge in [0.1, 0.15) is 11.3 Å². The fraction of sp³-hybridized carbons (Fsp3) is 0.545. The number of aryl methyl sites for hydroxylation is 2.